The second-order valence-corrected chi connectivity index (χ2v) is 5.06. The molecule has 1 aromatic rings. The van der Waals surface area contributed by atoms with E-state index >= 15 is 0 Å². The number of nitrogens with two attached hydrogens (primary N) is 1. The minimum absolute atomic E-state index is 0.102. The van der Waals surface area contributed by atoms with Crippen LogP contribution >= 0.6 is 15.9 Å². The van der Waals surface area contributed by atoms with Crippen LogP contribution in [-0.2, 0) is 9.53 Å². The molecule has 0 bridgehead atoms. The Labute approximate surface area is 132 Å². The van der Waals surface area contributed by atoms with Gasteiger partial charge in [0, 0.05) is 4.47 Å². The van der Waals surface area contributed by atoms with Gasteiger partial charge in [-0.15, -0.1) is 0 Å². The Morgan fingerprint density at radius 2 is 1.86 bits per heavy atom. The van der Waals surface area contributed by atoms with Crippen LogP contribution in [0.3, 0.4) is 0 Å². The second-order valence-electron chi connectivity index (χ2n) is 4.20. The highest BCUT2D eigenvalue weighted by Gasteiger charge is 2.16. The molecule has 0 fully saturated rings. The number of benzene rings is 1. The highest BCUT2D eigenvalue weighted by Crippen LogP contribution is 2.36. The number of ether oxygens (including phenoxy) is 3. The van der Waals surface area contributed by atoms with Gasteiger partial charge in [0.15, 0.2) is 11.5 Å². The van der Waals surface area contributed by atoms with Gasteiger partial charge in [-0.3, -0.25) is 0 Å². The number of halogens is 1. The molecule has 0 heterocycles. The van der Waals surface area contributed by atoms with Crippen molar-refractivity contribution in [1.29, 1.82) is 0 Å². The molecule has 6 nitrogen and oxygen atoms in total. The van der Waals surface area contributed by atoms with E-state index < -0.39 is 12.0 Å². The summed E-state index contributed by atoms with van der Waals surface area (Å²) in [5.74, 6) is 0.211. The van der Waals surface area contributed by atoms with Crippen molar-refractivity contribution in [2.24, 2.45) is 5.73 Å². The topological polar surface area (TPSA) is 91.0 Å². The first kappa shape index (κ1) is 17.7. The van der Waals surface area contributed by atoms with Gasteiger partial charge in [-0.05, 0) is 31.5 Å². The molecular formula is C14H20BrNO5. The fourth-order valence-corrected chi connectivity index (χ4v) is 2.35. The minimum atomic E-state index is -1.03. The number of carboxylic acids is 1. The second kappa shape index (κ2) is 8.86. The highest BCUT2D eigenvalue weighted by atomic mass is 79.9. The van der Waals surface area contributed by atoms with Gasteiger partial charge in [-0.2, -0.15) is 0 Å². The number of hydrogen-bond donors (Lipinski definition) is 2. The van der Waals surface area contributed by atoms with Crippen LogP contribution < -0.4 is 15.2 Å². The standard InChI is InChI=1S/C14H20BrNO5/c1-3-20-12-5-9(10(15)6-13(12)21-4-2)11(16)7-19-8-14(17)18/h5-6,11H,3-4,7-8,16H2,1-2H3,(H,17,18). The molecule has 0 saturated heterocycles. The molecule has 118 valence electrons. The number of hydrogen-bond acceptors (Lipinski definition) is 5. The van der Waals surface area contributed by atoms with Gasteiger partial charge in [-0.1, -0.05) is 15.9 Å². The molecule has 1 aromatic carbocycles. The zero-order chi connectivity index (χ0) is 15.8. The van der Waals surface area contributed by atoms with Crippen molar-refractivity contribution in [2.45, 2.75) is 19.9 Å². The molecule has 1 atom stereocenters. The Balaban J connectivity index is 2.90. The van der Waals surface area contributed by atoms with Crippen LogP contribution in [0.4, 0.5) is 0 Å². The predicted octanol–water partition coefficient (Wildman–Crippen LogP) is 2.35. The summed E-state index contributed by atoms with van der Waals surface area (Å²) in [5, 5.41) is 8.55. The van der Waals surface area contributed by atoms with Gasteiger partial charge in [0.2, 0.25) is 0 Å². The summed E-state index contributed by atoms with van der Waals surface area (Å²) in [6.07, 6.45) is 0. The minimum Gasteiger partial charge on any atom is -0.490 e. The van der Waals surface area contributed by atoms with E-state index in [-0.39, 0.29) is 13.2 Å². The van der Waals surface area contributed by atoms with Gasteiger partial charge < -0.3 is 25.1 Å². The number of rotatable bonds is 9. The fourth-order valence-electron chi connectivity index (χ4n) is 1.73. The van der Waals surface area contributed by atoms with Crippen molar-refractivity contribution >= 4 is 21.9 Å². The van der Waals surface area contributed by atoms with Crippen molar-refractivity contribution in [3.8, 4) is 11.5 Å². The lowest BCUT2D eigenvalue weighted by Crippen LogP contribution is -2.20. The predicted molar refractivity (Wildman–Crippen MR) is 81.9 cm³/mol. The lowest BCUT2D eigenvalue weighted by Gasteiger charge is -2.18. The summed E-state index contributed by atoms with van der Waals surface area (Å²) in [5.41, 5.74) is 6.80. The summed E-state index contributed by atoms with van der Waals surface area (Å²) in [4.78, 5) is 10.4. The van der Waals surface area contributed by atoms with E-state index in [0.29, 0.717) is 24.7 Å². The van der Waals surface area contributed by atoms with Crippen LogP contribution in [0, 0.1) is 0 Å². The van der Waals surface area contributed by atoms with E-state index in [1.807, 2.05) is 13.8 Å². The lowest BCUT2D eigenvalue weighted by atomic mass is 10.1. The Bertz CT molecular complexity index is 481. The largest absolute Gasteiger partial charge is 0.490 e. The monoisotopic (exact) mass is 361 g/mol. The van der Waals surface area contributed by atoms with Crippen LogP contribution in [-0.4, -0.2) is 37.5 Å². The third-order valence-electron chi connectivity index (χ3n) is 2.59. The van der Waals surface area contributed by atoms with E-state index in [0.717, 1.165) is 10.0 Å². The molecule has 0 spiro atoms. The fraction of sp³-hybridized carbons (Fsp3) is 0.500. The van der Waals surface area contributed by atoms with Crippen LogP contribution in [0.25, 0.3) is 0 Å². The van der Waals surface area contributed by atoms with Gasteiger partial charge in [0.25, 0.3) is 0 Å². The zero-order valence-electron chi connectivity index (χ0n) is 12.1. The van der Waals surface area contributed by atoms with Crippen molar-refractivity contribution < 1.29 is 24.1 Å². The van der Waals surface area contributed by atoms with E-state index in [1.165, 1.54) is 0 Å². The van der Waals surface area contributed by atoms with Crippen molar-refractivity contribution in [2.75, 3.05) is 26.4 Å². The molecule has 0 radical (unpaired) electrons. The smallest absolute Gasteiger partial charge is 0.329 e. The third-order valence-corrected chi connectivity index (χ3v) is 3.27. The van der Waals surface area contributed by atoms with Crippen molar-refractivity contribution in [3.05, 3.63) is 22.2 Å². The summed E-state index contributed by atoms with van der Waals surface area (Å²) in [6, 6.07) is 3.11. The highest BCUT2D eigenvalue weighted by molar-refractivity contribution is 9.10. The maximum atomic E-state index is 10.4. The maximum Gasteiger partial charge on any atom is 0.329 e. The lowest BCUT2D eigenvalue weighted by molar-refractivity contribution is -0.142. The first-order valence-corrected chi connectivity index (χ1v) is 7.43. The molecule has 0 amide bonds. The Kier molecular flexibility index (Phi) is 7.49. The molecule has 21 heavy (non-hydrogen) atoms. The normalized spacial score (nSPS) is 12.0. The van der Waals surface area contributed by atoms with E-state index in [1.54, 1.807) is 12.1 Å². The molecule has 0 aliphatic carbocycles. The average molecular weight is 362 g/mol. The van der Waals surface area contributed by atoms with Crippen molar-refractivity contribution in [1.82, 2.24) is 0 Å². The van der Waals surface area contributed by atoms with E-state index in [4.69, 9.17) is 25.1 Å². The van der Waals surface area contributed by atoms with Crippen LogP contribution in [0.15, 0.2) is 16.6 Å². The molecular weight excluding hydrogens is 342 g/mol. The summed E-state index contributed by atoms with van der Waals surface area (Å²) in [6.45, 7) is 4.53. The maximum absolute atomic E-state index is 10.4. The first-order chi connectivity index (χ1) is 9.99. The first-order valence-electron chi connectivity index (χ1n) is 6.63. The molecule has 1 unspecified atom stereocenters. The number of carboxylic acid groups (broad SMARTS) is 1. The third kappa shape index (κ3) is 5.53. The summed E-state index contributed by atoms with van der Waals surface area (Å²) >= 11 is 3.44. The van der Waals surface area contributed by atoms with Crippen molar-refractivity contribution in [3.63, 3.8) is 0 Å². The van der Waals surface area contributed by atoms with Crippen LogP contribution in [0.5, 0.6) is 11.5 Å². The zero-order valence-corrected chi connectivity index (χ0v) is 13.7. The molecule has 3 N–H and O–H groups in total. The summed E-state index contributed by atoms with van der Waals surface area (Å²) < 4.78 is 16.8. The Morgan fingerprint density at radius 3 is 2.38 bits per heavy atom. The van der Waals surface area contributed by atoms with Crippen LogP contribution in [0.1, 0.15) is 25.5 Å². The Morgan fingerprint density at radius 1 is 1.29 bits per heavy atom. The van der Waals surface area contributed by atoms with Gasteiger partial charge in [0.1, 0.15) is 6.61 Å². The van der Waals surface area contributed by atoms with E-state index in [9.17, 15) is 4.79 Å². The van der Waals surface area contributed by atoms with Gasteiger partial charge in [-0.25, -0.2) is 4.79 Å². The molecule has 0 saturated carbocycles. The average Bonchev–Trinajstić information content (AvgIpc) is 2.41. The Hall–Kier alpha value is -1.31. The van der Waals surface area contributed by atoms with Gasteiger partial charge in [0.05, 0.1) is 25.9 Å². The van der Waals surface area contributed by atoms with E-state index in [2.05, 4.69) is 15.9 Å². The SMILES string of the molecule is CCOc1cc(Br)c(C(N)COCC(=O)O)cc1OCC. The molecule has 7 heteroatoms. The van der Waals surface area contributed by atoms with Crippen LogP contribution in [0.2, 0.25) is 0 Å². The number of aliphatic carboxylic acids is 1. The molecule has 0 aliphatic heterocycles. The summed E-state index contributed by atoms with van der Waals surface area (Å²) in [7, 11) is 0. The molecule has 1 rings (SSSR count). The van der Waals surface area contributed by atoms with Gasteiger partial charge >= 0.3 is 5.97 Å². The number of carbonyl (C=O) groups is 1. The quantitative estimate of drug-likeness (QED) is 0.701. The molecule has 0 aliphatic rings. The molecule has 0 aromatic heterocycles.